The van der Waals surface area contributed by atoms with Crippen LogP contribution in [0.3, 0.4) is 0 Å². The number of rotatable bonds is 11. The summed E-state index contributed by atoms with van der Waals surface area (Å²) in [5, 5.41) is 2.47. The summed E-state index contributed by atoms with van der Waals surface area (Å²) in [6.45, 7) is 7.49. The third-order valence-corrected chi connectivity index (χ3v) is 2.92. The molecule has 0 radical (unpaired) electrons. The lowest BCUT2D eigenvalue weighted by Gasteiger charge is -2.08. The predicted octanol–water partition coefficient (Wildman–Crippen LogP) is 4.12. The lowest BCUT2D eigenvalue weighted by atomic mass is 10.1. The van der Waals surface area contributed by atoms with Gasteiger partial charge in [-0.1, -0.05) is 57.8 Å². The fourth-order valence-corrected chi connectivity index (χ4v) is 1.78. The van der Waals surface area contributed by atoms with Crippen molar-refractivity contribution in [3.05, 3.63) is 24.4 Å². The highest BCUT2D eigenvalue weighted by Gasteiger charge is 2.12. The number of ketones is 1. The van der Waals surface area contributed by atoms with Crippen LogP contribution in [-0.2, 0) is 9.53 Å². The molecule has 0 aliphatic heterocycles. The van der Waals surface area contributed by atoms with Crippen LogP contribution in [0.2, 0.25) is 0 Å². The first-order chi connectivity index (χ1) is 9.65. The monoisotopic (exact) mass is 281 g/mol. The molecule has 0 bridgehead atoms. The van der Waals surface area contributed by atoms with Crippen molar-refractivity contribution >= 4 is 11.9 Å². The number of amides is 1. The lowest BCUT2D eigenvalue weighted by Crippen LogP contribution is -2.28. The van der Waals surface area contributed by atoms with Crippen molar-refractivity contribution in [3.63, 3.8) is 0 Å². The lowest BCUT2D eigenvalue weighted by molar-refractivity contribution is -0.116. The molecule has 1 amide bonds. The van der Waals surface area contributed by atoms with Gasteiger partial charge in [-0.05, 0) is 13.3 Å². The van der Waals surface area contributed by atoms with Gasteiger partial charge in [0.05, 0.1) is 5.70 Å². The Morgan fingerprint density at radius 2 is 1.80 bits per heavy atom. The van der Waals surface area contributed by atoms with Gasteiger partial charge in [-0.2, -0.15) is 0 Å². The van der Waals surface area contributed by atoms with Gasteiger partial charge >= 0.3 is 6.09 Å². The summed E-state index contributed by atoms with van der Waals surface area (Å²) in [5.74, 6) is -0.0430. The summed E-state index contributed by atoms with van der Waals surface area (Å²) >= 11 is 0. The highest BCUT2D eigenvalue weighted by molar-refractivity contribution is 5.97. The standard InChI is InChI=1S/C16H27NO3/c1-4-7-8-9-10-11-12-15(18)14(6-3)17-16(19)20-13-5-2/h5-6H,2,4,7-13H2,1,3H3,(H,17,19)/b14-6-. The number of unbranched alkanes of at least 4 members (excludes halogenated alkanes) is 5. The second-order valence-corrected chi connectivity index (χ2v) is 4.66. The highest BCUT2D eigenvalue weighted by atomic mass is 16.5. The van der Waals surface area contributed by atoms with Gasteiger partial charge in [0, 0.05) is 6.42 Å². The van der Waals surface area contributed by atoms with Crippen molar-refractivity contribution in [1.29, 1.82) is 0 Å². The van der Waals surface area contributed by atoms with E-state index in [9.17, 15) is 9.59 Å². The average molecular weight is 281 g/mol. The van der Waals surface area contributed by atoms with E-state index in [2.05, 4.69) is 18.8 Å². The van der Waals surface area contributed by atoms with Crippen LogP contribution in [0.5, 0.6) is 0 Å². The number of allylic oxidation sites excluding steroid dienone is 2. The molecular weight excluding hydrogens is 254 g/mol. The SMILES string of the molecule is C=CCOC(=O)N/C(=C\C)C(=O)CCCCCCCC. The molecular formula is C16H27NO3. The highest BCUT2D eigenvalue weighted by Crippen LogP contribution is 2.09. The van der Waals surface area contributed by atoms with Crippen LogP contribution in [0.15, 0.2) is 24.4 Å². The summed E-state index contributed by atoms with van der Waals surface area (Å²) in [6.07, 6.45) is 9.73. The number of ether oxygens (including phenoxy) is 1. The molecule has 0 aliphatic rings. The van der Waals surface area contributed by atoms with Gasteiger partial charge in [0.1, 0.15) is 6.61 Å². The van der Waals surface area contributed by atoms with Crippen molar-refractivity contribution in [2.75, 3.05) is 6.61 Å². The van der Waals surface area contributed by atoms with E-state index in [0.717, 1.165) is 12.8 Å². The molecule has 0 saturated carbocycles. The number of nitrogens with one attached hydrogen (secondary N) is 1. The minimum absolute atomic E-state index is 0.0430. The number of carbonyl (C=O) groups is 2. The first-order valence-corrected chi connectivity index (χ1v) is 7.39. The van der Waals surface area contributed by atoms with E-state index in [4.69, 9.17) is 4.74 Å². The fraction of sp³-hybridized carbons (Fsp3) is 0.625. The Morgan fingerprint density at radius 1 is 1.15 bits per heavy atom. The molecule has 0 unspecified atom stereocenters. The zero-order chi connectivity index (χ0) is 15.2. The third-order valence-electron chi connectivity index (χ3n) is 2.92. The molecule has 4 heteroatoms. The molecule has 20 heavy (non-hydrogen) atoms. The summed E-state index contributed by atoms with van der Waals surface area (Å²) < 4.78 is 4.78. The molecule has 0 aliphatic carbocycles. The van der Waals surface area contributed by atoms with Gasteiger partial charge in [0.2, 0.25) is 0 Å². The van der Waals surface area contributed by atoms with Crippen LogP contribution < -0.4 is 5.32 Å². The second-order valence-electron chi connectivity index (χ2n) is 4.66. The van der Waals surface area contributed by atoms with Crippen LogP contribution in [-0.4, -0.2) is 18.5 Å². The van der Waals surface area contributed by atoms with Gasteiger partial charge < -0.3 is 4.74 Å². The minimum Gasteiger partial charge on any atom is -0.445 e. The molecule has 0 aromatic carbocycles. The number of hydrogen-bond donors (Lipinski definition) is 1. The summed E-state index contributed by atoms with van der Waals surface area (Å²) in [5.41, 5.74) is 0.313. The number of alkyl carbamates (subject to hydrolysis) is 1. The Balaban J connectivity index is 3.91. The molecule has 4 nitrogen and oxygen atoms in total. The molecule has 0 heterocycles. The molecule has 1 N–H and O–H groups in total. The zero-order valence-electron chi connectivity index (χ0n) is 12.7. The Kier molecular flexibility index (Phi) is 11.5. The van der Waals surface area contributed by atoms with E-state index >= 15 is 0 Å². The molecule has 0 atom stereocenters. The zero-order valence-corrected chi connectivity index (χ0v) is 12.7. The maximum atomic E-state index is 11.9. The van der Waals surface area contributed by atoms with Crippen molar-refractivity contribution in [2.24, 2.45) is 0 Å². The molecule has 0 aromatic heterocycles. The van der Waals surface area contributed by atoms with Gasteiger partial charge in [-0.25, -0.2) is 4.79 Å². The van der Waals surface area contributed by atoms with E-state index in [1.807, 2.05) is 0 Å². The fourth-order valence-electron chi connectivity index (χ4n) is 1.78. The first kappa shape index (κ1) is 18.4. The predicted molar refractivity (Wildman–Crippen MR) is 81.4 cm³/mol. The van der Waals surface area contributed by atoms with Crippen LogP contribution in [0.1, 0.15) is 58.8 Å². The molecule has 114 valence electrons. The van der Waals surface area contributed by atoms with Crippen LogP contribution in [0.25, 0.3) is 0 Å². The molecule has 0 spiro atoms. The third kappa shape index (κ3) is 9.36. The Morgan fingerprint density at radius 3 is 2.40 bits per heavy atom. The molecule has 0 rings (SSSR count). The van der Waals surface area contributed by atoms with E-state index < -0.39 is 6.09 Å². The smallest absolute Gasteiger partial charge is 0.412 e. The van der Waals surface area contributed by atoms with Crippen molar-refractivity contribution < 1.29 is 14.3 Å². The number of hydrogen-bond acceptors (Lipinski definition) is 3. The summed E-state index contributed by atoms with van der Waals surface area (Å²) in [4.78, 5) is 23.3. The Labute approximate surface area is 122 Å². The number of carbonyl (C=O) groups excluding carboxylic acids is 2. The van der Waals surface area contributed by atoms with Gasteiger partial charge in [0.25, 0.3) is 0 Å². The normalized spacial score (nSPS) is 11.0. The van der Waals surface area contributed by atoms with Crippen LogP contribution in [0, 0.1) is 0 Å². The van der Waals surface area contributed by atoms with E-state index in [1.54, 1.807) is 13.0 Å². The maximum Gasteiger partial charge on any atom is 0.412 e. The minimum atomic E-state index is -0.616. The van der Waals surface area contributed by atoms with Gasteiger partial charge in [-0.3, -0.25) is 10.1 Å². The maximum absolute atomic E-state index is 11.9. The van der Waals surface area contributed by atoms with E-state index in [1.165, 1.54) is 31.8 Å². The summed E-state index contributed by atoms with van der Waals surface area (Å²) in [7, 11) is 0. The first-order valence-electron chi connectivity index (χ1n) is 7.39. The largest absolute Gasteiger partial charge is 0.445 e. The second kappa shape index (κ2) is 12.5. The van der Waals surface area contributed by atoms with Gasteiger partial charge in [0.15, 0.2) is 5.78 Å². The van der Waals surface area contributed by atoms with Crippen molar-refractivity contribution in [1.82, 2.24) is 5.32 Å². The van der Waals surface area contributed by atoms with Gasteiger partial charge in [-0.15, -0.1) is 0 Å². The van der Waals surface area contributed by atoms with Crippen LogP contribution in [0.4, 0.5) is 4.79 Å². The van der Waals surface area contributed by atoms with Crippen molar-refractivity contribution in [3.8, 4) is 0 Å². The Bertz CT molecular complexity index is 335. The number of Topliss-reactive ketones (excluding diaryl/α,β-unsaturated/α-hetero) is 1. The molecule has 0 saturated heterocycles. The topological polar surface area (TPSA) is 55.4 Å². The molecule has 0 aromatic rings. The van der Waals surface area contributed by atoms with E-state index in [0.29, 0.717) is 12.1 Å². The Hall–Kier alpha value is -1.58. The summed E-state index contributed by atoms with van der Waals surface area (Å²) in [6, 6.07) is 0. The van der Waals surface area contributed by atoms with Crippen molar-refractivity contribution in [2.45, 2.75) is 58.8 Å². The van der Waals surface area contributed by atoms with E-state index in [-0.39, 0.29) is 12.4 Å². The molecule has 0 fully saturated rings. The quantitative estimate of drug-likeness (QED) is 0.352. The average Bonchev–Trinajstić information content (AvgIpc) is 2.45. The van der Waals surface area contributed by atoms with Crippen LogP contribution >= 0.6 is 0 Å².